The van der Waals surface area contributed by atoms with E-state index in [-0.39, 0.29) is 25.6 Å². The Hall–Kier alpha value is -1.11. The molecule has 1 fully saturated rings. The molecular formula is C46H91N2O10P+. The van der Waals surface area contributed by atoms with Crippen molar-refractivity contribution in [3.63, 3.8) is 0 Å². The predicted octanol–water partition coefficient (Wildman–Crippen LogP) is 12.4. The van der Waals surface area contributed by atoms with Gasteiger partial charge in [-0.25, -0.2) is 4.57 Å². The van der Waals surface area contributed by atoms with Crippen LogP contribution >= 0.6 is 7.82 Å². The minimum atomic E-state index is -4.62. The lowest BCUT2D eigenvalue weighted by Crippen LogP contribution is -2.48. The molecule has 0 aromatic rings. The van der Waals surface area contributed by atoms with Gasteiger partial charge in [-0.2, -0.15) is 0 Å². The van der Waals surface area contributed by atoms with E-state index in [1.807, 2.05) is 41.9 Å². The molecule has 1 N–H and O–H groups in total. The lowest BCUT2D eigenvalue weighted by Gasteiger charge is -2.47. The van der Waals surface area contributed by atoms with E-state index in [0.717, 1.165) is 64.2 Å². The van der Waals surface area contributed by atoms with Crippen molar-refractivity contribution in [2.45, 2.75) is 231 Å². The Morgan fingerprint density at radius 1 is 0.729 bits per heavy atom. The Labute approximate surface area is 361 Å². The quantitative estimate of drug-likeness (QED) is 0.0193. The predicted molar refractivity (Wildman–Crippen MR) is 239 cm³/mol. The third kappa shape index (κ3) is 29.0. The number of nitrogens with zero attached hydrogens (tertiary/aromatic N) is 2. The Bertz CT molecular complexity index is 1120. The number of ether oxygens (including phenoxy) is 3. The number of esters is 2. The second-order valence-corrected chi connectivity index (χ2v) is 20.2. The van der Waals surface area contributed by atoms with E-state index in [1.54, 1.807) is 0 Å². The highest BCUT2D eigenvalue weighted by atomic mass is 31.2. The number of rotatable bonds is 40. The summed E-state index contributed by atoms with van der Waals surface area (Å²) in [4.78, 5) is 35.5. The Morgan fingerprint density at radius 2 is 1.19 bits per heavy atom. The lowest BCUT2D eigenvalue weighted by molar-refractivity contribution is -0.870. The normalized spacial score (nSPS) is 18.5. The van der Waals surface area contributed by atoms with Gasteiger partial charge >= 0.3 is 19.8 Å². The molecule has 0 bridgehead atoms. The van der Waals surface area contributed by atoms with Crippen molar-refractivity contribution >= 4 is 19.8 Å². The van der Waals surface area contributed by atoms with E-state index in [4.69, 9.17) is 23.3 Å². The minimum absolute atomic E-state index is 0.0285. The molecule has 59 heavy (non-hydrogen) atoms. The van der Waals surface area contributed by atoms with E-state index >= 15 is 0 Å². The van der Waals surface area contributed by atoms with Crippen LogP contribution in [0.25, 0.3) is 0 Å². The summed E-state index contributed by atoms with van der Waals surface area (Å²) < 4.78 is 40.1. The van der Waals surface area contributed by atoms with Crippen molar-refractivity contribution in [2.75, 3.05) is 54.1 Å². The maximum absolute atomic E-state index is 12.7. The first kappa shape index (κ1) is 55.9. The second-order valence-electron chi connectivity index (χ2n) is 18.8. The molecule has 12 nitrogen and oxygen atoms in total. The third-order valence-electron chi connectivity index (χ3n) is 11.5. The first-order valence-corrected chi connectivity index (χ1v) is 25.4. The summed E-state index contributed by atoms with van der Waals surface area (Å²) in [6.45, 7) is 8.50. The highest BCUT2D eigenvalue weighted by Crippen LogP contribution is 2.44. The van der Waals surface area contributed by atoms with Crippen molar-refractivity contribution in [3.8, 4) is 0 Å². The molecule has 0 aliphatic carbocycles. The molecule has 1 heterocycles. The zero-order chi connectivity index (χ0) is 43.9. The number of hydrogen-bond acceptors (Lipinski definition) is 9. The summed E-state index contributed by atoms with van der Waals surface area (Å²) in [5, 5.41) is 13.9. The van der Waals surface area contributed by atoms with Crippen LogP contribution in [-0.4, -0.2) is 97.8 Å². The van der Waals surface area contributed by atoms with Crippen LogP contribution in [0, 0.1) is 5.21 Å². The molecule has 0 amide bonds. The van der Waals surface area contributed by atoms with Crippen LogP contribution < -0.4 is 0 Å². The molecule has 0 aromatic heterocycles. The van der Waals surface area contributed by atoms with Gasteiger partial charge in [-0.3, -0.25) is 13.8 Å². The maximum Gasteiger partial charge on any atom is 0.502 e. The highest BCUT2D eigenvalue weighted by molar-refractivity contribution is 7.47. The van der Waals surface area contributed by atoms with Gasteiger partial charge in [0.1, 0.15) is 31.9 Å². The summed E-state index contributed by atoms with van der Waals surface area (Å²) >= 11 is 0. The summed E-state index contributed by atoms with van der Waals surface area (Å²) in [6, 6.07) is 0. The number of quaternary nitrogens is 1. The summed E-state index contributed by atoms with van der Waals surface area (Å²) in [5.41, 5.74) is -1.07. The molecule has 1 rings (SSSR count). The van der Waals surface area contributed by atoms with Gasteiger partial charge in [0.2, 0.25) is 6.61 Å². The summed E-state index contributed by atoms with van der Waals surface area (Å²) in [6.07, 6.45) is 30.3. The standard InChI is InChI=1S/C46H90N2O10P/c1-8-10-11-12-13-14-15-16-20-23-26-29-32-35-44(50)58-42(40-57-59(52,53)56-38-37-48(5,6)7)39-54-43(49)34-31-28-25-22-19-17-18-21-24-27-30-33-36-46(9-2)47(51)45(3,4)41-55-46/h42H,8-41H2,1-7H3/p+1. The number of carbonyl (C=O) groups is 1. The SMILES string of the molecule is CCCCCCCCCCCCCCCC(=O)OC(COC(=[OH+])CCCCCCCCCCCCCCC1(CC)OCC(C)(C)N1[O-])COP([O])(=O)OCC[N+](C)(C)C. The van der Waals surface area contributed by atoms with Crippen LogP contribution in [0.2, 0.25) is 0 Å². The molecule has 1 saturated heterocycles. The monoisotopic (exact) mass is 863 g/mol. The van der Waals surface area contributed by atoms with E-state index in [1.165, 1.54) is 108 Å². The zero-order valence-electron chi connectivity index (χ0n) is 39.1. The largest absolute Gasteiger partial charge is 0.783 e. The number of hydrogen-bond donors (Lipinski definition) is 0. The summed E-state index contributed by atoms with van der Waals surface area (Å²) in [5.74, 6) is -0.587. The second kappa shape index (κ2) is 32.5. The van der Waals surface area contributed by atoms with Crippen LogP contribution in [0.15, 0.2) is 0 Å². The molecule has 1 radical (unpaired) electrons. The number of unbranched alkanes of at least 4 members (excludes halogenated alkanes) is 23. The van der Waals surface area contributed by atoms with E-state index < -0.39 is 37.8 Å². The van der Waals surface area contributed by atoms with Crippen molar-refractivity contribution < 1.29 is 46.8 Å². The van der Waals surface area contributed by atoms with Crippen molar-refractivity contribution in [1.29, 1.82) is 0 Å². The van der Waals surface area contributed by atoms with Gasteiger partial charge in [0.15, 0.2) is 6.10 Å². The Kier molecular flexibility index (Phi) is 30.8. The summed E-state index contributed by atoms with van der Waals surface area (Å²) in [7, 11) is 1.17. The van der Waals surface area contributed by atoms with E-state index in [2.05, 4.69) is 6.92 Å². The van der Waals surface area contributed by atoms with Gasteiger partial charge < -0.3 is 33.8 Å². The number of hydroxylamine groups is 2. The van der Waals surface area contributed by atoms with Gasteiger partial charge in [0.25, 0.3) is 0 Å². The Balaban J connectivity index is 2.24. The molecule has 1 aliphatic heterocycles. The zero-order valence-corrected chi connectivity index (χ0v) is 40.0. The van der Waals surface area contributed by atoms with Crippen LogP contribution in [0.1, 0.15) is 214 Å². The van der Waals surface area contributed by atoms with Gasteiger partial charge in [0.05, 0.1) is 27.7 Å². The molecule has 1 aliphatic rings. The smallest absolute Gasteiger partial charge is 0.502 e. The minimum Gasteiger partial charge on any atom is -0.783 e. The van der Waals surface area contributed by atoms with Gasteiger partial charge in [0, 0.05) is 12.0 Å². The highest BCUT2D eigenvalue weighted by Gasteiger charge is 2.44. The van der Waals surface area contributed by atoms with Crippen LogP contribution in [0.5, 0.6) is 0 Å². The van der Waals surface area contributed by atoms with Crippen LogP contribution in [-0.2, 0) is 37.5 Å². The molecular weight excluding hydrogens is 771 g/mol. The maximum atomic E-state index is 12.7. The molecule has 13 heteroatoms. The average molecular weight is 863 g/mol. The molecule has 349 valence electrons. The fourth-order valence-corrected chi connectivity index (χ4v) is 8.30. The Morgan fingerprint density at radius 3 is 1.63 bits per heavy atom. The van der Waals surface area contributed by atoms with Gasteiger partial charge in [-0.15, -0.1) is 4.89 Å². The van der Waals surface area contributed by atoms with E-state index in [0.29, 0.717) is 30.5 Å². The van der Waals surface area contributed by atoms with Crippen molar-refractivity contribution in [3.05, 3.63) is 5.21 Å². The number of carbonyl (C=O) groups excluding carboxylic acids is 2. The number of likely N-dealkylation sites (N-methyl/N-ethyl adjacent to an activating group) is 1. The molecule has 3 atom stereocenters. The molecule has 0 aromatic carbocycles. The first-order chi connectivity index (χ1) is 28.1. The van der Waals surface area contributed by atoms with Crippen LogP contribution in [0.3, 0.4) is 0 Å². The van der Waals surface area contributed by atoms with Crippen molar-refractivity contribution in [2.24, 2.45) is 0 Å². The fraction of sp³-hybridized carbons (Fsp3) is 0.957. The van der Waals surface area contributed by atoms with Gasteiger partial charge in [-0.1, -0.05) is 155 Å². The first-order valence-electron chi connectivity index (χ1n) is 23.9. The molecule has 0 saturated carbocycles. The van der Waals surface area contributed by atoms with Crippen LogP contribution in [0.4, 0.5) is 0 Å². The lowest BCUT2D eigenvalue weighted by atomic mass is 9.98. The molecule has 0 spiro atoms. The van der Waals surface area contributed by atoms with Gasteiger partial charge in [-0.05, 0) is 46.0 Å². The topological polar surface area (TPSA) is 148 Å². The molecule has 3 unspecified atom stereocenters. The third-order valence-corrected chi connectivity index (χ3v) is 12.5. The van der Waals surface area contributed by atoms with Crippen molar-refractivity contribution in [1.82, 2.24) is 5.06 Å². The average Bonchev–Trinajstić information content (AvgIpc) is 3.41. The fourth-order valence-electron chi connectivity index (χ4n) is 7.57. The van der Waals surface area contributed by atoms with E-state index in [9.17, 15) is 24.3 Å².